The molecular weight excluding hydrogens is 298 g/mol. The molecule has 2 heterocycles. The molecule has 1 amide bonds. The Bertz CT molecular complexity index is 533. The summed E-state index contributed by atoms with van der Waals surface area (Å²) in [5.74, 6) is 1.57. The molecule has 7 heteroatoms. The van der Waals surface area contributed by atoms with E-state index in [4.69, 9.17) is 13.9 Å². The summed E-state index contributed by atoms with van der Waals surface area (Å²) in [6.07, 6.45) is 4.74. The summed E-state index contributed by atoms with van der Waals surface area (Å²) < 4.78 is 16.8. The van der Waals surface area contributed by atoms with Gasteiger partial charge in [0.15, 0.2) is 0 Å². The number of aromatic nitrogens is 2. The highest BCUT2D eigenvalue weighted by atomic mass is 16.5. The van der Waals surface area contributed by atoms with Crippen molar-refractivity contribution in [3.05, 3.63) is 11.8 Å². The maximum absolute atomic E-state index is 12.6. The van der Waals surface area contributed by atoms with E-state index in [1.807, 2.05) is 0 Å². The molecule has 23 heavy (non-hydrogen) atoms. The van der Waals surface area contributed by atoms with E-state index >= 15 is 0 Å². The van der Waals surface area contributed by atoms with Crippen LogP contribution in [0.5, 0.6) is 0 Å². The molecule has 1 aliphatic carbocycles. The van der Waals surface area contributed by atoms with Gasteiger partial charge in [0.05, 0.1) is 19.3 Å². The highest BCUT2D eigenvalue weighted by Gasteiger charge is 2.33. The first kappa shape index (κ1) is 16.4. The smallest absolute Gasteiger partial charge is 0.249 e. The Labute approximate surface area is 136 Å². The lowest BCUT2D eigenvalue weighted by atomic mass is 9.89. The van der Waals surface area contributed by atoms with Crippen molar-refractivity contribution >= 4 is 5.91 Å². The summed E-state index contributed by atoms with van der Waals surface area (Å²) in [4.78, 5) is 14.3. The second-order valence-corrected chi connectivity index (χ2v) is 6.54. The Hall–Kier alpha value is -1.47. The number of carbonyl (C=O) groups is 1. The van der Waals surface area contributed by atoms with Crippen molar-refractivity contribution in [3.63, 3.8) is 0 Å². The molecule has 0 spiro atoms. The van der Waals surface area contributed by atoms with Crippen LogP contribution in [0.3, 0.4) is 0 Å². The topological polar surface area (TPSA) is 77.7 Å². The van der Waals surface area contributed by atoms with Crippen LogP contribution in [0.2, 0.25) is 0 Å². The first-order chi connectivity index (χ1) is 11.1. The van der Waals surface area contributed by atoms with Crippen LogP contribution in [-0.2, 0) is 14.3 Å². The van der Waals surface area contributed by atoms with E-state index in [1.54, 1.807) is 11.8 Å². The summed E-state index contributed by atoms with van der Waals surface area (Å²) in [7, 11) is 0. The van der Waals surface area contributed by atoms with E-state index in [9.17, 15) is 4.79 Å². The predicted octanol–water partition coefficient (Wildman–Crippen LogP) is 1.87. The van der Waals surface area contributed by atoms with Gasteiger partial charge < -0.3 is 18.8 Å². The first-order valence-corrected chi connectivity index (χ1v) is 8.42. The van der Waals surface area contributed by atoms with Crippen molar-refractivity contribution < 1.29 is 18.7 Å². The fourth-order valence-corrected chi connectivity index (χ4v) is 3.36. The Morgan fingerprint density at radius 1 is 1.39 bits per heavy atom. The maximum Gasteiger partial charge on any atom is 0.249 e. The van der Waals surface area contributed by atoms with E-state index in [1.165, 1.54) is 12.8 Å². The van der Waals surface area contributed by atoms with E-state index in [0.29, 0.717) is 37.5 Å². The van der Waals surface area contributed by atoms with Gasteiger partial charge in [-0.1, -0.05) is 19.8 Å². The number of aryl methyl sites for hydroxylation is 1. The van der Waals surface area contributed by atoms with Gasteiger partial charge in [-0.2, -0.15) is 0 Å². The molecule has 0 unspecified atom stereocenters. The largest absolute Gasteiger partial charge is 0.423 e. The molecule has 1 saturated heterocycles. The molecule has 1 saturated carbocycles. The normalized spacial score (nSPS) is 28.8. The fraction of sp³-hybridized carbons (Fsp3) is 0.812. The quantitative estimate of drug-likeness (QED) is 0.842. The molecule has 2 fully saturated rings. The zero-order chi connectivity index (χ0) is 16.2. The van der Waals surface area contributed by atoms with E-state index in [-0.39, 0.29) is 24.7 Å². The molecule has 2 aliphatic rings. The Morgan fingerprint density at radius 3 is 3.00 bits per heavy atom. The van der Waals surface area contributed by atoms with Gasteiger partial charge in [-0.05, 0) is 18.8 Å². The summed E-state index contributed by atoms with van der Waals surface area (Å²) >= 11 is 0. The van der Waals surface area contributed by atoms with Crippen LogP contribution in [0.15, 0.2) is 4.42 Å². The molecule has 7 nitrogen and oxygen atoms in total. The molecule has 3 atom stereocenters. The highest BCUT2D eigenvalue weighted by Crippen LogP contribution is 2.27. The number of morpholine rings is 1. The van der Waals surface area contributed by atoms with Crippen LogP contribution in [-0.4, -0.2) is 53.5 Å². The van der Waals surface area contributed by atoms with Crippen LogP contribution in [0, 0.1) is 12.8 Å². The number of amides is 1. The zero-order valence-electron chi connectivity index (χ0n) is 13.9. The van der Waals surface area contributed by atoms with Crippen LogP contribution in [0.4, 0.5) is 0 Å². The number of hydrogen-bond donors (Lipinski definition) is 0. The van der Waals surface area contributed by atoms with Gasteiger partial charge in [0.2, 0.25) is 17.7 Å². The van der Waals surface area contributed by atoms with Crippen LogP contribution in [0.25, 0.3) is 0 Å². The van der Waals surface area contributed by atoms with Crippen molar-refractivity contribution in [1.29, 1.82) is 0 Å². The summed E-state index contributed by atoms with van der Waals surface area (Å²) in [6.45, 7) is 5.52. The summed E-state index contributed by atoms with van der Waals surface area (Å²) in [5, 5.41) is 7.87. The molecule has 1 aliphatic heterocycles. The third-order valence-corrected chi connectivity index (χ3v) is 4.61. The summed E-state index contributed by atoms with van der Waals surface area (Å²) in [5.41, 5.74) is 0. The number of rotatable bonds is 4. The second-order valence-electron chi connectivity index (χ2n) is 6.54. The van der Waals surface area contributed by atoms with Gasteiger partial charge in [-0.25, -0.2) is 0 Å². The second kappa shape index (κ2) is 7.40. The number of hydrogen-bond acceptors (Lipinski definition) is 6. The third-order valence-electron chi connectivity index (χ3n) is 4.61. The highest BCUT2D eigenvalue weighted by molar-refractivity contribution is 5.78. The average Bonchev–Trinajstić information content (AvgIpc) is 2.99. The Kier molecular flexibility index (Phi) is 5.27. The lowest BCUT2D eigenvalue weighted by Crippen LogP contribution is -2.45. The predicted molar refractivity (Wildman–Crippen MR) is 81.7 cm³/mol. The summed E-state index contributed by atoms with van der Waals surface area (Å²) in [6, 6.07) is -0.314. The Balaban J connectivity index is 1.58. The molecule has 1 aromatic rings. The van der Waals surface area contributed by atoms with Crippen molar-refractivity contribution in [2.45, 2.75) is 51.7 Å². The Morgan fingerprint density at radius 2 is 2.26 bits per heavy atom. The van der Waals surface area contributed by atoms with Crippen LogP contribution >= 0.6 is 0 Å². The molecular formula is C16H25N3O4. The van der Waals surface area contributed by atoms with Gasteiger partial charge in [-0.15, -0.1) is 10.2 Å². The van der Waals surface area contributed by atoms with Crippen LogP contribution in [0.1, 0.15) is 50.4 Å². The van der Waals surface area contributed by atoms with Gasteiger partial charge in [0.1, 0.15) is 12.6 Å². The monoisotopic (exact) mass is 323 g/mol. The minimum atomic E-state index is -0.314. The molecule has 128 valence electrons. The van der Waals surface area contributed by atoms with Gasteiger partial charge in [0.25, 0.3) is 0 Å². The molecule has 3 rings (SSSR count). The average molecular weight is 323 g/mol. The van der Waals surface area contributed by atoms with Crippen molar-refractivity contribution in [2.75, 3.05) is 26.4 Å². The minimum absolute atomic E-state index is 0.0348. The van der Waals surface area contributed by atoms with E-state index in [2.05, 4.69) is 17.1 Å². The fourth-order valence-electron chi connectivity index (χ4n) is 3.36. The molecule has 1 aromatic heterocycles. The third kappa shape index (κ3) is 4.09. The van der Waals surface area contributed by atoms with Crippen molar-refractivity contribution in [3.8, 4) is 0 Å². The molecule has 0 N–H and O–H groups in total. The van der Waals surface area contributed by atoms with E-state index < -0.39 is 0 Å². The lowest BCUT2D eigenvalue weighted by molar-refractivity contribution is -0.149. The van der Waals surface area contributed by atoms with Crippen molar-refractivity contribution in [2.24, 2.45) is 5.92 Å². The molecule has 0 aromatic carbocycles. The number of carbonyl (C=O) groups excluding carboxylic acids is 1. The van der Waals surface area contributed by atoms with Crippen LogP contribution < -0.4 is 0 Å². The minimum Gasteiger partial charge on any atom is -0.423 e. The standard InChI is InChI=1S/C16H25N3O4/c1-11-4-3-5-13(8-11)22-10-15(20)19-6-7-21-9-14(19)16-18-17-12(2)23-16/h11,13-14H,3-10H2,1-2H3/t11-,13+,14+/m1/s1. The number of nitrogens with zero attached hydrogens (tertiary/aromatic N) is 3. The zero-order valence-corrected chi connectivity index (χ0v) is 13.9. The van der Waals surface area contributed by atoms with E-state index in [0.717, 1.165) is 12.8 Å². The molecule has 0 radical (unpaired) electrons. The maximum atomic E-state index is 12.6. The van der Waals surface area contributed by atoms with Gasteiger partial charge >= 0.3 is 0 Å². The lowest BCUT2D eigenvalue weighted by Gasteiger charge is -2.34. The molecule has 0 bridgehead atoms. The van der Waals surface area contributed by atoms with Crippen molar-refractivity contribution in [1.82, 2.24) is 15.1 Å². The SMILES string of the molecule is Cc1nnc([C@@H]2COCCN2C(=O)CO[C@H]2CCC[C@@H](C)C2)o1. The number of ether oxygens (including phenoxy) is 2. The van der Waals surface area contributed by atoms with Gasteiger partial charge in [-0.3, -0.25) is 4.79 Å². The van der Waals surface area contributed by atoms with Gasteiger partial charge in [0, 0.05) is 13.5 Å². The first-order valence-electron chi connectivity index (χ1n) is 8.42.